The summed E-state index contributed by atoms with van der Waals surface area (Å²) in [5.74, 6) is -0.486. The van der Waals surface area contributed by atoms with E-state index in [1.807, 2.05) is 24.3 Å². The fraction of sp³-hybridized carbons (Fsp3) is 0.167. The summed E-state index contributed by atoms with van der Waals surface area (Å²) in [6.45, 7) is 1.80. The van der Waals surface area contributed by atoms with Crippen LogP contribution in [0.4, 0.5) is 0 Å². The van der Waals surface area contributed by atoms with Crippen LogP contribution in [0, 0.1) is 11.3 Å². The van der Waals surface area contributed by atoms with E-state index in [2.05, 4.69) is 0 Å². The molecule has 0 amide bonds. The molecular weight excluding hydrogens is 308 g/mol. The Morgan fingerprint density at radius 2 is 2.12 bits per heavy atom. The van der Waals surface area contributed by atoms with Crippen LogP contribution in [0.25, 0.3) is 17.0 Å². The number of allylic oxidation sites excluding steroid dienone is 2. The van der Waals surface area contributed by atoms with Gasteiger partial charge >= 0.3 is 5.97 Å². The van der Waals surface area contributed by atoms with Crippen molar-refractivity contribution in [3.63, 3.8) is 0 Å². The average molecular weight is 322 g/mol. The van der Waals surface area contributed by atoms with Crippen LogP contribution in [0.1, 0.15) is 17.4 Å². The van der Waals surface area contributed by atoms with Crippen molar-refractivity contribution in [2.24, 2.45) is 0 Å². The largest absolute Gasteiger partial charge is 0.494 e. The van der Waals surface area contributed by atoms with E-state index in [1.165, 1.54) is 17.8 Å². The number of nitriles is 1. The van der Waals surface area contributed by atoms with E-state index in [1.54, 1.807) is 19.1 Å². The maximum Gasteiger partial charge on any atom is 0.348 e. The molecule has 0 aliphatic carbocycles. The number of nitrogens with zero attached hydrogens (tertiary/aromatic N) is 2. The second-order valence-electron chi connectivity index (χ2n) is 5.07. The van der Waals surface area contributed by atoms with Crippen molar-refractivity contribution < 1.29 is 19.1 Å². The molecule has 1 aromatic carbocycles. The first kappa shape index (κ1) is 15.6. The first-order valence-corrected chi connectivity index (χ1v) is 7.35. The zero-order valence-electron chi connectivity index (χ0n) is 13.2. The molecule has 0 fully saturated rings. The van der Waals surface area contributed by atoms with Gasteiger partial charge in [0.1, 0.15) is 11.6 Å². The van der Waals surface area contributed by atoms with Gasteiger partial charge in [0, 0.05) is 11.0 Å². The Hall–Kier alpha value is -3.33. The Bertz CT molecular complexity index is 957. The van der Waals surface area contributed by atoms with Gasteiger partial charge in [-0.15, -0.1) is 0 Å². The highest BCUT2D eigenvalue weighted by Crippen LogP contribution is 2.38. The summed E-state index contributed by atoms with van der Waals surface area (Å²) >= 11 is 0. The molecule has 1 aliphatic heterocycles. The second-order valence-corrected chi connectivity index (χ2v) is 5.07. The van der Waals surface area contributed by atoms with Gasteiger partial charge in [-0.1, -0.05) is 12.1 Å². The molecule has 120 valence electrons. The lowest BCUT2D eigenvalue weighted by Gasteiger charge is -2.01. The molecule has 2 aromatic rings. The van der Waals surface area contributed by atoms with Gasteiger partial charge in [0.2, 0.25) is 0 Å². The maximum absolute atomic E-state index is 12.7. The third-order valence-electron chi connectivity index (χ3n) is 3.73. The minimum atomic E-state index is -0.748. The Labute approximate surface area is 138 Å². The quantitative estimate of drug-likeness (QED) is 0.491. The summed E-state index contributed by atoms with van der Waals surface area (Å²) in [6, 6.07) is 9.15. The van der Waals surface area contributed by atoms with E-state index in [-0.39, 0.29) is 23.7 Å². The van der Waals surface area contributed by atoms with E-state index in [0.717, 1.165) is 5.39 Å². The summed E-state index contributed by atoms with van der Waals surface area (Å²) in [6.07, 6.45) is 2.86. The van der Waals surface area contributed by atoms with Crippen molar-refractivity contribution in [3.8, 4) is 11.8 Å². The van der Waals surface area contributed by atoms with Gasteiger partial charge in [-0.2, -0.15) is 5.26 Å². The highest BCUT2D eigenvalue weighted by molar-refractivity contribution is 6.15. The highest BCUT2D eigenvalue weighted by atomic mass is 16.5. The zero-order valence-corrected chi connectivity index (χ0v) is 13.2. The summed E-state index contributed by atoms with van der Waals surface area (Å²) in [5.41, 5.74) is 1.32. The van der Waals surface area contributed by atoms with E-state index >= 15 is 0 Å². The van der Waals surface area contributed by atoms with Crippen LogP contribution in [0.2, 0.25) is 0 Å². The topological polar surface area (TPSA) is 81.3 Å². The molecule has 0 bridgehead atoms. The van der Waals surface area contributed by atoms with E-state index in [0.29, 0.717) is 17.0 Å². The van der Waals surface area contributed by atoms with Crippen molar-refractivity contribution in [1.29, 1.82) is 5.26 Å². The van der Waals surface area contributed by atoms with Crippen LogP contribution in [0.3, 0.4) is 0 Å². The molecule has 0 saturated heterocycles. The number of ether oxygens (including phenoxy) is 2. The molecule has 6 heteroatoms. The summed E-state index contributed by atoms with van der Waals surface area (Å²) < 4.78 is 11.8. The average Bonchev–Trinajstić information content (AvgIpc) is 3.07. The van der Waals surface area contributed by atoms with Gasteiger partial charge in [0.25, 0.3) is 5.91 Å². The van der Waals surface area contributed by atoms with Gasteiger partial charge in [-0.05, 0) is 31.2 Å². The molecule has 0 spiro atoms. The third-order valence-corrected chi connectivity index (χ3v) is 3.73. The van der Waals surface area contributed by atoms with Gasteiger partial charge in [-0.3, -0.25) is 9.36 Å². The van der Waals surface area contributed by atoms with E-state index < -0.39 is 5.97 Å². The molecular formula is C18H14N2O4. The van der Waals surface area contributed by atoms with E-state index in [9.17, 15) is 9.59 Å². The van der Waals surface area contributed by atoms with Crippen molar-refractivity contribution in [2.75, 3.05) is 13.7 Å². The third kappa shape index (κ3) is 2.27. The molecule has 0 saturated carbocycles. The van der Waals surface area contributed by atoms with Crippen LogP contribution in [-0.4, -0.2) is 30.2 Å². The lowest BCUT2D eigenvalue weighted by Crippen LogP contribution is -2.10. The fourth-order valence-electron chi connectivity index (χ4n) is 2.74. The number of para-hydroxylation sites is 1. The standard InChI is InChI=1S/C18H14N2O4/c1-3-24-18(22)12(10-19)8-11-9-15-16(23-2)13-6-4-5-7-14(13)20(15)17(11)21/h4-9H,3H2,1-2H3/b12-8-. The molecule has 0 radical (unpaired) electrons. The molecule has 0 unspecified atom stereocenters. The van der Waals surface area contributed by atoms with E-state index in [4.69, 9.17) is 14.7 Å². The smallest absolute Gasteiger partial charge is 0.348 e. The zero-order chi connectivity index (χ0) is 17.3. The first-order valence-electron chi connectivity index (χ1n) is 7.35. The van der Waals surface area contributed by atoms with Crippen molar-refractivity contribution in [1.82, 2.24) is 4.57 Å². The second kappa shape index (κ2) is 6.05. The number of fused-ring (bicyclic) bond motifs is 3. The number of rotatable bonds is 4. The molecule has 3 rings (SSSR count). The normalized spacial score (nSPS) is 13.5. The number of carbonyl (C=O) groups excluding carboxylic acids is 2. The maximum atomic E-state index is 12.7. The summed E-state index contributed by atoms with van der Waals surface area (Å²) in [7, 11) is 1.54. The lowest BCUT2D eigenvalue weighted by atomic mass is 10.1. The predicted molar refractivity (Wildman–Crippen MR) is 87.4 cm³/mol. The number of methoxy groups -OCH3 is 1. The molecule has 24 heavy (non-hydrogen) atoms. The molecule has 1 aromatic heterocycles. The Morgan fingerprint density at radius 1 is 1.38 bits per heavy atom. The monoisotopic (exact) mass is 322 g/mol. The van der Waals surface area contributed by atoms with Crippen molar-refractivity contribution >= 4 is 28.9 Å². The van der Waals surface area contributed by atoms with Crippen LogP contribution in [0.15, 0.2) is 41.5 Å². The number of hydrogen-bond donors (Lipinski definition) is 0. The van der Waals surface area contributed by atoms with Gasteiger partial charge < -0.3 is 9.47 Å². The molecule has 2 heterocycles. The molecule has 1 aliphatic rings. The Balaban J connectivity index is 2.12. The predicted octanol–water partition coefficient (Wildman–Crippen LogP) is 2.70. The SMILES string of the molecule is CCOC(=O)/C(C#N)=C\C1=Cc2c(OC)c3ccccc3n2C1=O. The van der Waals surface area contributed by atoms with Gasteiger partial charge in [0.05, 0.1) is 24.9 Å². The summed E-state index contributed by atoms with van der Waals surface area (Å²) in [5, 5.41) is 9.95. The fourth-order valence-corrected chi connectivity index (χ4v) is 2.74. The van der Waals surface area contributed by atoms with Crippen molar-refractivity contribution in [2.45, 2.75) is 6.92 Å². The lowest BCUT2D eigenvalue weighted by molar-refractivity contribution is -0.138. The highest BCUT2D eigenvalue weighted by Gasteiger charge is 2.29. The number of esters is 1. The minimum Gasteiger partial charge on any atom is -0.494 e. The van der Waals surface area contributed by atoms with Gasteiger partial charge in [0.15, 0.2) is 5.75 Å². The van der Waals surface area contributed by atoms with Gasteiger partial charge in [-0.25, -0.2) is 4.79 Å². The van der Waals surface area contributed by atoms with Crippen LogP contribution >= 0.6 is 0 Å². The molecule has 6 nitrogen and oxygen atoms in total. The molecule has 0 N–H and O–H groups in total. The minimum absolute atomic E-state index is 0.156. The summed E-state index contributed by atoms with van der Waals surface area (Å²) in [4.78, 5) is 24.4. The number of carbonyl (C=O) groups is 2. The Kier molecular flexibility index (Phi) is 3.92. The molecule has 0 atom stereocenters. The Morgan fingerprint density at radius 3 is 2.79 bits per heavy atom. The van der Waals surface area contributed by atoms with Crippen LogP contribution in [-0.2, 0) is 9.53 Å². The number of hydrogen-bond acceptors (Lipinski definition) is 5. The van der Waals surface area contributed by atoms with Crippen LogP contribution < -0.4 is 4.74 Å². The van der Waals surface area contributed by atoms with Crippen molar-refractivity contribution in [3.05, 3.63) is 47.2 Å². The number of benzene rings is 1. The first-order chi connectivity index (χ1) is 11.6. The number of aromatic nitrogens is 1. The van der Waals surface area contributed by atoms with Crippen LogP contribution in [0.5, 0.6) is 5.75 Å².